The third kappa shape index (κ3) is 6.34. The molecule has 33 heavy (non-hydrogen) atoms. The minimum Gasteiger partial charge on any atom is -0.497 e. The molecular formula is C25H29N3O4S. The number of benzene rings is 3. The molecule has 3 rings (SSSR count). The molecule has 0 aliphatic rings. The Balaban J connectivity index is 1.72. The van der Waals surface area contributed by atoms with E-state index in [1.165, 1.54) is 12.1 Å². The molecule has 1 unspecified atom stereocenters. The van der Waals surface area contributed by atoms with Crippen LogP contribution in [0.5, 0.6) is 5.75 Å². The van der Waals surface area contributed by atoms with Crippen LogP contribution in [0, 0.1) is 6.92 Å². The lowest BCUT2D eigenvalue weighted by Crippen LogP contribution is -2.34. The van der Waals surface area contributed by atoms with Crippen LogP contribution in [0.2, 0.25) is 0 Å². The number of carbonyl (C=O) groups is 1. The number of hydrogen-bond donors (Lipinski definition) is 2. The molecule has 0 aromatic heterocycles. The van der Waals surface area contributed by atoms with E-state index in [-0.39, 0.29) is 22.4 Å². The van der Waals surface area contributed by atoms with Gasteiger partial charge in [-0.3, -0.25) is 9.52 Å². The van der Waals surface area contributed by atoms with Gasteiger partial charge in [-0.1, -0.05) is 35.9 Å². The lowest BCUT2D eigenvalue weighted by Gasteiger charge is -2.25. The molecule has 0 spiro atoms. The van der Waals surface area contributed by atoms with Gasteiger partial charge >= 0.3 is 0 Å². The number of nitrogens with zero attached hydrogens (tertiary/aromatic N) is 1. The van der Waals surface area contributed by atoms with E-state index in [9.17, 15) is 13.2 Å². The minimum atomic E-state index is -3.83. The molecule has 0 aliphatic carbocycles. The number of rotatable bonds is 9. The summed E-state index contributed by atoms with van der Waals surface area (Å²) >= 11 is 0. The molecule has 0 aliphatic heterocycles. The predicted molar refractivity (Wildman–Crippen MR) is 130 cm³/mol. The van der Waals surface area contributed by atoms with Crippen molar-refractivity contribution in [3.63, 3.8) is 0 Å². The molecule has 174 valence electrons. The van der Waals surface area contributed by atoms with Gasteiger partial charge in [0.1, 0.15) is 5.75 Å². The van der Waals surface area contributed by atoms with Crippen LogP contribution in [0.1, 0.15) is 27.5 Å². The number of anilines is 1. The maximum absolute atomic E-state index is 12.8. The fourth-order valence-electron chi connectivity index (χ4n) is 3.36. The van der Waals surface area contributed by atoms with Gasteiger partial charge in [-0.15, -0.1) is 0 Å². The molecule has 0 saturated heterocycles. The van der Waals surface area contributed by atoms with Gasteiger partial charge in [-0.05, 0) is 69.0 Å². The third-order valence-electron chi connectivity index (χ3n) is 5.29. The second-order valence-corrected chi connectivity index (χ2v) is 9.64. The van der Waals surface area contributed by atoms with Crippen molar-refractivity contribution in [2.45, 2.75) is 17.9 Å². The molecule has 3 aromatic rings. The molecular weight excluding hydrogens is 438 g/mol. The highest BCUT2D eigenvalue weighted by atomic mass is 32.2. The molecule has 0 saturated carbocycles. The first-order valence-corrected chi connectivity index (χ1v) is 12.0. The van der Waals surface area contributed by atoms with Gasteiger partial charge < -0.3 is 15.0 Å². The molecule has 7 nitrogen and oxygen atoms in total. The van der Waals surface area contributed by atoms with Crippen LogP contribution >= 0.6 is 0 Å². The van der Waals surface area contributed by atoms with Gasteiger partial charge in [-0.2, -0.15) is 0 Å². The normalized spacial score (nSPS) is 12.3. The predicted octanol–water partition coefficient (Wildman–Crippen LogP) is 3.84. The van der Waals surface area contributed by atoms with E-state index in [0.29, 0.717) is 12.2 Å². The van der Waals surface area contributed by atoms with Gasteiger partial charge in [0.05, 0.1) is 18.0 Å². The van der Waals surface area contributed by atoms with Crippen LogP contribution in [0.25, 0.3) is 0 Å². The summed E-state index contributed by atoms with van der Waals surface area (Å²) in [5, 5.41) is 2.91. The Hall–Kier alpha value is -3.36. The van der Waals surface area contributed by atoms with Gasteiger partial charge in [0.15, 0.2) is 0 Å². The number of ether oxygens (including phenoxy) is 1. The van der Waals surface area contributed by atoms with Crippen molar-refractivity contribution in [2.75, 3.05) is 32.5 Å². The fourth-order valence-corrected chi connectivity index (χ4v) is 4.46. The molecule has 0 fully saturated rings. The monoisotopic (exact) mass is 467 g/mol. The average molecular weight is 468 g/mol. The number of aryl methyl sites for hydroxylation is 1. The van der Waals surface area contributed by atoms with Gasteiger partial charge in [0.2, 0.25) is 0 Å². The van der Waals surface area contributed by atoms with Gasteiger partial charge in [0, 0.05) is 17.8 Å². The summed E-state index contributed by atoms with van der Waals surface area (Å²) < 4.78 is 33.3. The van der Waals surface area contributed by atoms with Crippen molar-refractivity contribution < 1.29 is 17.9 Å². The van der Waals surface area contributed by atoms with Gasteiger partial charge in [0.25, 0.3) is 15.9 Å². The van der Waals surface area contributed by atoms with Crippen molar-refractivity contribution in [2.24, 2.45) is 0 Å². The molecule has 3 aromatic carbocycles. The van der Waals surface area contributed by atoms with Crippen LogP contribution < -0.4 is 14.8 Å². The summed E-state index contributed by atoms with van der Waals surface area (Å²) in [5.41, 5.74) is 2.79. The topological polar surface area (TPSA) is 87.7 Å². The lowest BCUT2D eigenvalue weighted by atomic mass is 10.1. The number of nitrogens with one attached hydrogen (secondary N) is 2. The minimum absolute atomic E-state index is 0.0232. The average Bonchev–Trinajstić information content (AvgIpc) is 2.80. The molecule has 2 N–H and O–H groups in total. The Morgan fingerprint density at radius 3 is 2.27 bits per heavy atom. The van der Waals surface area contributed by atoms with Crippen LogP contribution in [0.15, 0.2) is 77.7 Å². The second kappa shape index (κ2) is 10.5. The van der Waals surface area contributed by atoms with E-state index in [1.807, 2.05) is 62.3 Å². The summed E-state index contributed by atoms with van der Waals surface area (Å²) in [5.74, 6) is 0.417. The SMILES string of the molecule is COc1ccc(C(CNC(=O)c2cccc(S(=O)(=O)Nc3ccc(C)cc3)c2)N(C)C)cc1. The van der Waals surface area contributed by atoms with E-state index >= 15 is 0 Å². The van der Waals surface area contributed by atoms with Crippen LogP contribution in [0.3, 0.4) is 0 Å². The molecule has 1 amide bonds. The Bertz CT molecular complexity index is 1190. The zero-order valence-electron chi connectivity index (χ0n) is 19.2. The van der Waals surface area contributed by atoms with E-state index in [1.54, 1.807) is 31.4 Å². The number of hydrogen-bond acceptors (Lipinski definition) is 5. The molecule has 0 heterocycles. The highest BCUT2D eigenvalue weighted by molar-refractivity contribution is 7.92. The quantitative estimate of drug-likeness (QED) is 0.499. The summed E-state index contributed by atoms with van der Waals surface area (Å²) in [7, 11) is 1.66. The molecule has 0 radical (unpaired) electrons. The summed E-state index contributed by atoms with van der Waals surface area (Å²) in [4.78, 5) is 14.8. The Morgan fingerprint density at radius 2 is 1.67 bits per heavy atom. The molecule has 1 atom stereocenters. The smallest absolute Gasteiger partial charge is 0.261 e. The second-order valence-electron chi connectivity index (χ2n) is 7.96. The number of methoxy groups -OCH3 is 1. The lowest BCUT2D eigenvalue weighted by molar-refractivity contribution is 0.0941. The zero-order valence-corrected chi connectivity index (χ0v) is 20.0. The molecule has 8 heteroatoms. The van der Waals surface area contributed by atoms with Crippen LogP contribution in [0.4, 0.5) is 5.69 Å². The summed E-state index contributed by atoms with van der Waals surface area (Å²) in [6.45, 7) is 2.28. The number of likely N-dealkylation sites (N-methyl/N-ethyl adjacent to an activating group) is 1. The highest BCUT2D eigenvalue weighted by Crippen LogP contribution is 2.21. The summed E-state index contributed by atoms with van der Waals surface area (Å²) in [6.07, 6.45) is 0. The van der Waals surface area contributed by atoms with E-state index in [0.717, 1.165) is 16.9 Å². The molecule has 0 bridgehead atoms. The highest BCUT2D eigenvalue weighted by Gasteiger charge is 2.19. The van der Waals surface area contributed by atoms with Crippen molar-refractivity contribution in [3.05, 3.63) is 89.5 Å². The van der Waals surface area contributed by atoms with Crippen molar-refractivity contribution in [1.82, 2.24) is 10.2 Å². The first-order chi connectivity index (χ1) is 15.7. The largest absolute Gasteiger partial charge is 0.497 e. The fraction of sp³-hybridized carbons (Fsp3) is 0.240. The van der Waals surface area contributed by atoms with Crippen LogP contribution in [-0.4, -0.2) is 47.0 Å². The number of sulfonamides is 1. The Kier molecular flexibility index (Phi) is 7.73. The van der Waals surface area contributed by atoms with E-state index in [2.05, 4.69) is 10.0 Å². The van der Waals surface area contributed by atoms with Crippen molar-refractivity contribution in [1.29, 1.82) is 0 Å². The third-order valence-corrected chi connectivity index (χ3v) is 6.67. The van der Waals surface area contributed by atoms with Crippen LogP contribution in [-0.2, 0) is 10.0 Å². The van der Waals surface area contributed by atoms with Gasteiger partial charge in [-0.25, -0.2) is 8.42 Å². The maximum atomic E-state index is 12.8. The van der Waals surface area contributed by atoms with Crippen molar-refractivity contribution >= 4 is 21.6 Å². The zero-order chi connectivity index (χ0) is 24.0. The van der Waals surface area contributed by atoms with Crippen molar-refractivity contribution in [3.8, 4) is 5.75 Å². The maximum Gasteiger partial charge on any atom is 0.261 e. The first kappa shape index (κ1) is 24.3. The Morgan fingerprint density at radius 1 is 1.00 bits per heavy atom. The first-order valence-electron chi connectivity index (χ1n) is 10.5. The number of carbonyl (C=O) groups excluding carboxylic acids is 1. The van der Waals surface area contributed by atoms with E-state index in [4.69, 9.17) is 4.74 Å². The van der Waals surface area contributed by atoms with E-state index < -0.39 is 10.0 Å². The Labute approximate surface area is 195 Å². The number of amides is 1. The standard InChI is InChI=1S/C25H29N3O4S/c1-18-8-12-21(13-9-18)27-33(30,31)23-7-5-6-20(16-23)25(29)26-17-24(28(2)3)19-10-14-22(32-4)15-11-19/h5-16,24,27H,17H2,1-4H3,(H,26,29). The summed E-state index contributed by atoms with van der Waals surface area (Å²) in [6, 6.07) is 20.7.